The Bertz CT molecular complexity index is 300. The van der Waals surface area contributed by atoms with Gasteiger partial charge in [0.25, 0.3) is 0 Å². The summed E-state index contributed by atoms with van der Waals surface area (Å²) in [4.78, 5) is 10.6. The normalized spacial score (nSPS) is 11.7. The number of aliphatic carboxylic acids is 1. The van der Waals surface area contributed by atoms with E-state index in [1.54, 1.807) is 12.1 Å². The van der Waals surface area contributed by atoms with E-state index in [9.17, 15) is 4.79 Å². The molecule has 4 heteroatoms. The van der Waals surface area contributed by atoms with Crippen LogP contribution < -0.4 is 5.32 Å². The molecule has 0 aliphatic heterocycles. The van der Waals surface area contributed by atoms with Crippen molar-refractivity contribution in [2.75, 3.05) is 5.32 Å². The minimum absolute atomic E-state index is 0.746. The van der Waals surface area contributed by atoms with Gasteiger partial charge in [-0.05, 0) is 12.1 Å². The van der Waals surface area contributed by atoms with Crippen molar-refractivity contribution in [1.82, 2.24) is 0 Å². The number of anilines is 1. The third-order valence-electron chi connectivity index (χ3n) is 1.50. The standard InChI is InChI=1S/C9H9NO2S/c11-9(12)8(6-13)10-7-4-2-1-3-5-7/h1-6,8,10H,(H,11,12)/t8-/m0/s1. The third-order valence-corrected chi connectivity index (χ3v) is 1.77. The summed E-state index contributed by atoms with van der Waals surface area (Å²) in [5.74, 6) is -0.973. The van der Waals surface area contributed by atoms with Crippen molar-refractivity contribution in [3.05, 3.63) is 30.3 Å². The van der Waals surface area contributed by atoms with Crippen LogP contribution in [0.3, 0.4) is 0 Å². The largest absolute Gasteiger partial charge is 0.479 e. The van der Waals surface area contributed by atoms with Crippen LogP contribution in [0.25, 0.3) is 0 Å². The smallest absolute Gasteiger partial charge is 0.331 e. The fraction of sp³-hybridized carbons (Fsp3) is 0.111. The molecule has 0 radical (unpaired) electrons. The Hall–Kier alpha value is -1.42. The highest BCUT2D eigenvalue weighted by Gasteiger charge is 2.12. The Labute approximate surface area is 81.4 Å². The Morgan fingerprint density at radius 2 is 2.08 bits per heavy atom. The highest BCUT2D eigenvalue weighted by molar-refractivity contribution is 7.79. The van der Waals surface area contributed by atoms with Gasteiger partial charge in [0, 0.05) is 11.1 Å². The average Bonchev–Trinajstić information content (AvgIpc) is 2.15. The zero-order valence-corrected chi connectivity index (χ0v) is 7.62. The first-order chi connectivity index (χ1) is 6.24. The lowest BCUT2D eigenvalue weighted by Gasteiger charge is -2.09. The molecule has 1 aromatic carbocycles. The van der Waals surface area contributed by atoms with Crippen molar-refractivity contribution in [2.24, 2.45) is 0 Å². The number of rotatable bonds is 4. The summed E-state index contributed by atoms with van der Waals surface area (Å²) in [6, 6.07) is 8.27. The molecule has 0 amide bonds. The van der Waals surface area contributed by atoms with Gasteiger partial charge in [0.15, 0.2) is 6.04 Å². The van der Waals surface area contributed by atoms with Gasteiger partial charge >= 0.3 is 5.97 Å². The molecule has 1 rings (SSSR count). The number of para-hydroxylation sites is 1. The molecular weight excluding hydrogens is 186 g/mol. The van der Waals surface area contributed by atoms with Crippen molar-refractivity contribution in [3.63, 3.8) is 0 Å². The Kier molecular flexibility index (Phi) is 3.40. The predicted octanol–water partition coefficient (Wildman–Crippen LogP) is 1.55. The SMILES string of the molecule is O=C(O)[C@H](C=S)Nc1ccccc1. The maximum absolute atomic E-state index is 10.6. The summed E-state index contributed by atoms with van der Waals surface area (Å²) >= 11 is 4.58. The fourth-order valence-electron chi connectivity index (χ4n) is 0.868. The summed E-state index contributed by atoms with van der Waals surface area (Å²) in [6.45, 7) is 0. The quantitative estimate of drug-likeness (QED) is 0.716. The van der Waals surface area contributed by atoms with Crippen molar-refractivity contribution in [1.29, 1.82) is 0 Å². The summed E-state index contributed by atoms with van der Waals surface area (Å²) < 4.78 is 0. The van der Waals surface area contributed by atoms with E-state index < -0.39 is 12.0 Å². The van der Waals surface area contributed by atoms with E-state index in [1.807, 2.05) is 18.2 Å². The second kappa shape index (κ2) is 4.57. The van der Waals surface area contributed by atoms with Crippen LogP contribution in [0.5, 0.6) is 0 Å². The molecule has 0 saturated heterocycles. The van der Waals surface area contributed by atoms with E-state index >= 15 is 0 Å². The highest BCUT2D eigenvalue weighted by Crippen LogP contribution is 2.06. The van der Waals surface area contributed by atoms with Crippen molar-refractivity contribution < 1.29 is 9.90 Å². The number of hydrogen-bond acceptors (Lipinski definition) is 3. The lowest BCUT2D eigenvalue weighted by molar-refractivity contribution is -0.136. The maximum atomic E-state index is 10.6. The van der Waals surface area contributed by atoms with Crippen LogP contribution in [0.2, 0.25) is 0 Å². The number of hydrogen-bond donors (Lipinski definition) is 2. The molecule has 0 heterocycles. The predicted molar refractivity (Wildman–Crippen MR) is 55.1 cm³/mol. The van der Waals surface area contributed by atoms with Crippen LogP contribution in [0.15, 0.2) is 30.3 Å². The van der Waals surface area contributed by atoms with Gasteiger partial charge in [0.2, 0.25) is 0 Å². The van der Waals surface area contributed by atoms with Crippen molar-refractivity contribution in [3.8, 4) is 0 Å². The number of carboxylic acid groups (broad SMARTS) is 1. The second-order valence-electron chi connectivity index (χ2n) is 2.46. The minimum Gasteiger partial charge on any atom is -0.479 e. The minimum atomic E-state index is -0.973. The van der Waals surface area contributed by atoms with Crippen LogP contribution in [-0.2, 0) is 4.79 Å². The van der Waals surface area contributed by atoms with Gasteiger partial charge in [-0.25, -0.2) is 4.79 Å². The van der Waals surface area contributed by atoms with Gasteiger partial charge in [0.1, 0.15) is 0 Å². The van der Waals surface area contributed by atoms with Gasteiger partial charge < -0.3 is 10.4 Å². The van der Waals surface area contributed by atoms with Gasteiger partial charge in [-0.1, -0.05) is 30.4 Å². The van der Waals surface area contributed by atoms with Gasteiger partial charge in [-0.3, -0.25) is 0 Å². The lowest BCUT2D eigenvalue weighted by Crippen LogP contribution is -2.29. The van der Waals surface area contributed by atoms with Gasteiger partial charge in [0.05, 0.1) is 0 Å². The summed E-state index contributed by atoms with van der Waals surface area (Å²) in [7, 11) is 0. The van der Waals surface area contributed by atoms with E-state index in [4.69, 9.17) is 5.11 Å². The Morgan fingerprint density at radius 3 is 2.54 bits per heavy atom. The highest BCUT2D eigenvalue weighted by atomic mass is 32.1. The van der Waals surface area contributed by atoms with Crippen LogP contribution in [0.1, 0.15) is 0 Å². The summed E-state index contributed by atoms with van der Waals surface area (Å²) in [6.07, 6.45) is 0. The fourth-order valence-corrected chi connectivity index (χ4v) is 1.05. The van der Waals surface area contributed by atoms with Gasteiger partial charge in [-0.2, -0.15) is 0 Å². The molecule has 0 aliphatic carbocycles. The third kappa shape index (κ3) is 2.83. The maximum Gasteiger partial charge on any atom is 0.331 e. The Balaban J connectivity index is 2.67. The first kappa shape index (κ1) is 9.67. The molecule has 0 aliphatic rings. The topological polar surface area (TPSA) is 49.3 Å². The average molecular weight is 195 g/mol. The van der Waals surface area contributed by atoms with E-state index in [2.05, 4.69) is 17.5 Å². The number of nitrogens with one attached hydrogen (secondary N) is 1. The lowest BCUT2D eigenvalue weighted by atomic mass is 10.3. The number of carboxylic acids is 1. The van der Waals surface area contributed by atoms with Crippen LogP contribution >= 0.6 is 12.2 Å². The molecule has 0 spiro atoms. The van der Waals surface area contributed by atoms with Crippen LogP contribution in [0, 0.1) is 0 Å². The van der Waals surface area contributed by atoms with E-state index in [-0.39, 0.29) is 0 Å². The summed E-state index contributed by atoms with van der Waals surface area (Å²) in [5, 5.41) is 12.6. The molecule has 0 aromatic heterocycles. The monoisotopic (exact) mass is 195 g/mol. The molecule has 2 N–H and O–H groups in total. The number of benzene rings is 1. The zero-order chi connectivity index (χ0) is 9.68. The molecular formula is C9H9NO2S. The van der Waals surface area contributed by atoms with Crippen LogP contribution in [0.4, 0.5) is 5.69 Å². The van der Waals surface area contributed by atoms with Crippen molar-refractivity contribution >= 4 is 29.2 Å². The number of thiocarbonyl (C=S) groups is 1. The first-order valence-corrected chi connectivity index (χ1v) is 4.21. The Morgan fingerprint density at radius 1 is 1.46 bits per heavy atom. The van der Waals surface area contributed by atoms with E-state index in [0.717, 1.165) is 5.69 Å². The molecule has 13 heavy (non-hydrogen) atoms. The first-order valence-electron chi connectivity index (χ1n) is 3.73. The zero-order valence-electron chi connectivity index (χ0n) is 6.81. The van der Waals surface area contributed by atoms with E-state index in [1.165, 1.54) is 5.37 Å². The van der Waals surface area contributed by atoms with E-state index in [0.29, 0.717) is 0 Å². The molecule has 0 fully saturated rings. The van der Waals surface area contributed by atoms with Crippen molar-refractivity contribution in [2.45, 2.75) is 6.04 Å². The number of carbonyl (C=O) groups is 1. The molecule has 0 unspecified atom stereocenters. The molecule has 3 nitrogen and oxygen atoms in total. The molecule has 1 aromatic rings. The second-order valence-corrected chi connectivity index (χ2v) is 2.73. The molecule has 68 valence electrons. The molecule has 1 atom stereocenters. The summed E-state index contributed by atoms with van der Waals surface area (Å²) in [5.41, 5.74) is 0.746. The van der Waals surface area contributed by atoms with Gasteiger partial charge in [-0.15, -0.1) is 0 Å². The van der Waals surface area contributed by atoms with Crippen LogP contribution in [-0.4, -0.2) is 22.5 Å². The molecule has 0 bridgehead atoms. The molecule has 0 saturated carbocycles.